The Balaban J connectivity index is 2.38. The van der Waals surface area contributed by atoms with Crippen molar-refractivity contribution in [3.8, 4) is 0 Å². The molecule has 0 saturated carbocycles. The second-order valence-electron chi connectivity index (χ2n) is 5.18. The van der Waals surface area contributed by atoms with Gasteiger partial charge in [-0.3, -0.25) is 14.7 Å². The second kappa shape index (κ2) is 7.99. The van der Waals surface area contributed by atoms with E-state index in [1.54, 1.807) is 0 Å². The Morgan fingerprint density at radius 3 is 2.48 bits per heavy atom. The summed E-state index contributed by atoms with van der Waals surface area (Å²) < 4.78 is 66.2. The summed E-state index contributed by atoms with van der Waals surface area (Å²) in [6.07, 6.45) is -2.65. The summed E-state index contributed by atoms with van der Waals surface area (Å²) in [5.41, 5.74) is -0.265. The molecule has 11 heteroatoms. The summed E-state index contributed by atoms with van der Waals surface area (Å²) in [5, 5.41) is 8.22. The lowest BCUT2D eigenvalue weighted by Gasteiger charge is -2.15. The van der Waals surface area contributed by atoms with Crippen LogP contribution in [0.3, 0.4) is 0 Å². The van der Waals surface area contributed by atoms with E-state index in [1.807, 2.05) is 4.72 Å². The molecule has 0 aliphatic rings. The highest BCUT2D eigenvalue weighted by atomic mass is 35.5. The third-order valence-corrected chi connectivity index (χ3v) is 4.84. The molecule has 0 aliphatic heterocycles. The van der Waals surface area contributed by atoms with Gasteiger partial charge in [0.15, 0.2) is 0 Å². The molecule has 0 aromatic heterocycles. The van der Waals surface area contributed by atoms with E-state index < -0.39 is 33.4 Å². The van der Waals surface area contributed by atoms with Gasteiger partial charge in [-0.15, -0.1) is 0 Å². The van der Waals surface area contributed by atoms with E-state index in [2.05, 4.69) is 0 Å². The van der Waals surface area contributed by atoms with Crippen molar-refractivity contribution in [3.63, 3.8) is 0 Å². The molecule has 0 unspecified atom stereocenters. The molecule has 3 N–H and O–H groups in total. The Bertz CT molecular complexity index is 991. The Labute approximate surface area is 157 Å². The Hall–Kier alpha value is -2.56. The fraction of sp³-hybridized carbons (Fsp3) is 0.0625. The van der Waals surface area contributed by atoms with Gasteiger partial charge >= 0.3 is 6.18 Å². The van der Waals surface area contributed by atoms with Crippen molar-refractivity contribution < 1.29 is 31.6 Å². The number of hydroxylamine groups is 1. The Morgan fingerprint density at radius 2 is 1.85 bits per heavy atom. The summed E-state index contributed by atoms with van der Waals surface area (Å²) in [7, 11) is -4.35. The van der Waals surface area contributed by atoms with Crippen LogP contribution in [0.2, 0.25) is 5.02 Å². The lowest BCUT2D eigenvalue weighted by Crippen LogP contribution is -2.17. The SMILES string of the molecule is O=C(C=Cc1cccc(S(=O)(=O)Nc2ccc(Cl)cc2C(F)(F)F)c1)NO. The molecule has 27 heavy (non-hydrogen) atoms. The molecule has 6 nitrogen and oxygen atoms in total. The number of benzene rings is 2. The first-order chi connectivity index (χ1) is 12.5. The van der Waals surface area contributed by atoms with Crippen LogP contribution in [0.5, 0.6) is 0 Å². The van der Waals surface area contributed by atoms with Gasteiger partial charge < -0.3 is 0 Å². The zero-order valence-corrected chi connectivity index (χ0v) is 14.9. The maximum atomic E-state index is 13.1. The number of hydrogen-bond donors (Lipinski definition) is 3. The van der Waals surface area contributed by atoms with Crippen molar-refractivity contribution in [1.29, 1.82) is 0 Å². The van der Waals surface area contributed by atoms with Gasteiger partial charge in [-0.05, 0) is 42.0 Å². The van der Waals surface area contributed by atoms with Gasteiger partial charge in [-0.25, -0.2) is 13.9 Å². The summed E-state index contributed by atoms with van der Waals surface area (Å²) in [5.74, 6) is -0.836. The average molecular weight is 421 g/mol. The zero-order valence-electron chi connectivity index (χ0n) is 13.3. The molecule has 2 rings (SSSR count). The van der Waals surface area contributed by atoms with Gasteiger partial charge in [-0.2, -0.15) is 13.2 Å². The number of rotatable bonds is 5. The fourth-order valence-corrected chi connectivity index (χ4v) is 3.34. The first kappa shape index (κ1) is 20.7. The van der Waals surface area contributed by atoms with Crippen molar-refractivity contribution in [2.24, 2.45) is 0 Å². The van der Waals surface area contributed by atoms with E-state index in [0.717, 1.165) is 24.3 Å². The molecule has 1 amide bonds. The highest BCUT2D eigenvalue weighted by molar-refractivity contribution is 7.92. The van der Waals surface area contributed by atoms with Crippen LogP contribution in [0, 0.1) is 0 Å². The van der Waals surface area contributed by atoms with Crippen molar-refractivity contribution in [2.75, 3.05) is 4.72 Å². The number of amides is 1. The molecule has 0 bridgehead atoms. The van der Waals surface area contributed by atoms with Crippen LogP contribution in [0.25, 0.3) is 6.08 Å². The molecule has 0 saturated heterocycles. The number of carbonyl (C=O) groups is 1. The number of anilines is 1. The number of alkyl halides is 3. The minimum Gasteiger partial charge on any atom is -0.288 e. The van der Waals surface area contributed by atoms with Gasteiger partial charge in [0.05, 0.1) is 16.1 Å². The Kier molecular flexibility index (Phi) is 6.14. The number of carbonyl (C=O) groups excluding carboxylic acids is 1. The lowest BCUT2D eigenvalue weighted by atomic mass is 10.2. The van der Waals surface area contributed by atoms with Crippen molar-refractivity contribution in [3.05, 3.63) is 64.7 Å². The third kappa shape index (κ3) is 5.46. The maximum absolute atomic E-state index is 13.1. The minimum absolute atomic E-state index is 0.195. The van der Waals surface area contributed by atoms with E-state index in [0.29, 0.717) is 6.07 Å². The van der Waals surface area contributed by atoms with Crippen LogP contribution in [0.4, 0.5) is 18.9 Å². The number of nitrogens with one attached hydrogen (secondary N) is 2. The molecule has 0 radical (unpaired) electrons. The van der Waals surface area contributed by atoms with Gasteiger partial charge in [0.25, 0.3) is 15.9 Å². The lowest BCUT2D eigenvalue weighted by molar-refractivity contribution is -0.136. The summed E-state index contributed by atoms with van der Waals surface area (Å²) >= 11 is 5.57. The van der Waals surface area contributed by atoms with E-state index in [9.17, 15) is 26.4 Å². The van der Waals surface area contributed by atoms with E-state index >= 15 is 0 Å². The third-order valence-electron chi connectivity index (χ3n) is 3.24. The van der Waals surface area contributed by atoms with E-state index in [4.69, 9.17) is 16.8 Å². The normalized spacial score (nSPS) is 12.2. The molecule has 0 heterocycles. The van der Waals surface area contributed by atoms with Crippen LogP contribution in [-0.4, -0.2) is 19.5 Å². The predicted octanol–water partition coefficient (Wildman–Crippen LogP) is 3.68. The van der Waals surface area contributed by atoms with Gasteiger partial charge in [-0.1, -0.05) is 23.7 Å². The first-order valence-electron chi connectivity index (χ1n) is 7.15. The van der Waals surface area contributed by atoms with Crippen molar-refractivity contribution >= 4 is 39.3 Å². The molecule has 2 aromatic carbocycles. The quantitative estimate of drug-likeness (QED) is 0.390. The van der Waals surface area contributed by atoms with Gasteiger partial charge in [0, 0.05) is 11.1 Å². The van der Waals surface area contributed by atoms with Crippen LogP contribution >= 0.6 is 11.6 Å². The summed E-state index contributed by atoms with van der Waals surface area (Å²) in [4.78, 5) is 10.6. The minimum atomic E-state index is -4.81. The monoisotopic (exact) mass is 420 g/mol. The maximum Gasteiger partial charge on any atom is 0.418 e. The molecular weight excluding hydrogens is 409 g/mol. The molecule has 0 fully saturated rings. The number of sulfonamides is 1. The van der Waals surface area contributed by atoms with Crippen LogP contribution in [-0.2, 0) is 21.0 Å². The van der Waals surface area contributed by atoms with Crippen LogP contribution in [0.1, 0.15) is 11.1 Å². The highest BCUT2D eigenvalue weighted by Gasteiger charge is 2.35. The number of hydrogen-bond acceptors (Lipinski definition) is 4. The fourth-order valence-electron chi connectivity index (χ4n) is 2.04. The first-order valence-corrected chi connectivity index (χ1v) is 9.01. The van der Waals surface area contributed by atoms with E-state index in [1.165, 1.54) is 29.8 Å². The molecule has 2 aromatic rings. The largest absolute Gasteiger partial charge is 0.418 e. The van der Waals surface area contributed by atoms with Gasteiger partial charge in [0.2, 0.25) is 0 Å². The average Bonchev–Trinajstić information content (AvgIpc) is 2.60. The molecule has 0 aliphatic carbocycles. The summed E-state index contributed by atoms with van der Waals surface area (Å²) in [6, 6.07) is 7.79. The van der Waals surface area contributed by atoms with Crippen LogP contribution in [0.15, 0.2) is 53.4 Å². The summed E-state index contributed by atoms with van der Waals surface area (Å²) in [6.45, 7) is 0. The highest BCUT2D eigenvalue weighted by Crippen LogP contribution is 2.37. The molecule has 144 valence electrons. The van der Waals surface area contributed by atoms with Crippen molar-refractivity contribution in [1.82, 2.24) is 5.48 Å². The van der Waals surface area contributed by atoms with Crippen LogP contribution < -0.4 is 10.2 Å². The predicted molar refractivity (Wildman–Crippen MR) is 92.7 cm³/mol. The number of halogens is 4. The Morgan fingerprint density at radius 1 is 1.15 bits per heavy atom. The van der Waals surface area contributed by atoms with E-state index in [-0.39, 0.29) is 15.5 Å². The zero-order chi connectivity index (χ0) is 20.2. The molecular formula is C16H12ClF3N2O4S. The standard InChI is InChI=1S/C16H12ClF3N2O4S/c17-11-5-6-14(13(9-11)16(18,19)20)22-27(25,26)12-3-1-2-10(8-12)4-7-15(23)21-24/h1-9,22,24H,(H,21,23). The molecule has 0 atom stereocenters. The topological polar surface area (TPSA) is 95.5 Å². The molecule has 0 spiro atoms. The van der Waals surface area contributed by atoms with Crippen molar-refractivity contribution in [2.45, 2.75) is 11.1 Å². The smallest absolute Gasteiger partial charge is 0.288 e. The second-order valence-corrected chi connectivity index (χ2v) is 7.29. The van der Waals surface area contributed by atoms with Gasteiger partial charge in [0.1, 0.15) is 0 Å².